The normalized spacial score (nSPS) is 22.4. The monoisotopic (exact) mass is 340 g/mol. The van der Waals surface area contributed by atoms with Crippen LogP contribution in [0.5, 0.6) is 0 Å². The topological polar surface area (TPSA) is 86.1 Å². The molecule has 0 spiro atoms. The largest absolute Gasteiger partial charge is 0.354 e. The van der Waals surface area contributed by atoms with Crippen LogP contribution in [0.15, 0.2) is 12.3 Å². The van der Waals surface area contributed by atoms with Crippen LogP contribution in [0, 0.1) is 11.3 Å². The van der Waals surface area contributed by atoms with Crippen molar-refractivity contribution in [2.45, 2.75) is 37.0 Å². The summed E-state index contributed by atoms with van der Waals surface area (Å²) >= 11 is 6.19. The fourth-order valence-electron chi connectivity index (χ4n) is 2.70. The van der Waals surface area contributed by atoms with Gasteiger partial charge in [0, 0.05) is 25.3 Å². The summed E-state index contributed by atoms with van der Waals surface area (Å²) in [7, 11) is -3.19. The number of nitrogens with zero attached hydrogens (tertiary/aromatic N) is 3. The van der Waals surface area contributed by atoms with E-state index in [0.29, 0.717) is 22.9 Å². The van der Waals surface area contributed by atoms with Gasteiger partial charge in [0.15, 0.2) is 0 Å². The van der Waals surface area contributed by atoms with Gasteiger partial charge < -0.3 is 4.90 Å². The zero-order valence-electron chi connectivity index (χ0n) is 12.0. The van der Waals surface area contributed by atoms with E-state index in [2.05, 4.69) is 9.71 Å². The molecule has 1 aromatic rings. The van der Waals surface area contributed by atoms with Crippen LogP contribution >= 0.6 is 11.6 Å². The number of rotatable bonds is 4. The summed E-state index contributed by atoms with van der Waals surface area (Å²) in [6.07, 6.45) is 4.69. The van der Waals surface area contributed by atoms with Gasteiger partial charge in [-0.25, -0.2) is 18.1 Å². The Labute approximate surface area is 135 Å². The van der Waals surface area contributed by atoms with Gasteiger partial charge >= 0.3 is 0 Å². The third-order valence-corrected chi connectivity index (χ3v) is 6.26. The van der Waals surface area contributed by atoms with Gasteiger partial charge in [-0.3, -0.25) is 0 Å². The van der Waals surface area contributed by atoms with E-state index in [9.17, 15) is 8.42 Å². The molecule has 1 atom stereocenters. The average molecular weight is 341 g/mol. The summed E-state index contributed by atoms with van der Waals surface area (Å²) in [5.41, 5.74) is 0.414. The van der Waals surface area contributed by atoms with Crippen LogP contribution < -0.4 is 9.62 Å². The van der Waals surface area contributed by atoms with Crippen LogP contribution in [0.3, 0.4) is 0 Å². The maximum Gasteiger partial charge on any atom is 0.214 e. The highest BCUT2D eigenvalue weighted by atomic mass is 35.5. The standard InChI is InChI=1S/C14H17ClN4O2S/c15-13-6-10(7-16)8-17-14(13)19-5-1-2-11(9-19)18-22(20,21)12-3-4-12/h6,8,11-12,18H,1-5,9H2. The number of hydrogen-bond donors (Lipinski definition) is 1. The lowest BCUT2D eigenvalue weighted by molar-refractivity contribution is 0.463. The summed E-state index contributed by atoms with van der Waals surface area (Å²) in [6.45, 7) is 1.32. The van der Waals surface area contributed by atoms with Crippen LogP contribution in [0.25, 0.3) is 0 Å². The smallest absolute Gasteiger partial charge is 0.214 e. The Kier molecular flexibility index (Phi) is 4.26. The molecule has 6 nitrogen and oxygen atoms in total. The van der Waals surface area contributed by atoms with Crippen molar-refractivity contribution < 1.29 is 8.42 Å². The van der Waals surface area contributed by atoms with E-state index < -0.39 is 10.0 Å². The highest BCUT2D eigenvalue weighted by Crippen LogP contribution is 2.30. The van der Waals surface area contributed by atoms with Gasteiger partial charge in [0.1, 0.15) is 11.9 Å². The first-order chi connectivity index (χ1) is 10.5. The molecule has 1 aliphatic carbocycles. The molecule has 22 heavy (non-hydrogen) atoms. The average Bonchev–Trinajstić information content (AvgIpc) is 3.32. The number of hydrogen-bond acceptors (Lipinski definition) is 5. The molecule has 2 aliphatic rings. The number of halogens is 1. The van der Waals surface area contributed by atoms with E-state index in [-0.39, 0.29) is 11.3 Å². The fraction of sp³-hybridized carbons (Fsp3) is 0.571. The highest BCUT2D eigenvalue weighted by molar-refractivity contribution is 7.90. The Morgan fingerprint density at radius 3 is 2.82 bits per heavy atom. The Bertz CT molecular complexity index is 712. The number of nitrogens with one attached hydrogen (secondary N) is 1. The number of nitriles is 1. The Morgan fingerprint density at radius 2 is 2.18 bits per heavy atom. The van der Waals surface area contributed by atoms with Gasteiger partial charge in [-0.2, -0.15) is 5.26 Å². The lowest BCUT2D eigenvalue weighted by Gasteiger charge is -2.34. The first kappa shape index (κ1) is 15.5. The van der Waals surface area contributed by atoms with Crippen molar-refractivity contribution in [3.05, 3.63) is 22.8 Å². The molecule has 1 aromatic heterocycles. The number of piperidine rings is 1. The molecule has 1 saturated heterocycles. The van der Waals surface area contributed by atoms with Gasteiger partial charge in [-0.15, -0.1) is 0 Å². The molecular weight excluding hydrogens is 324 g/mol. The van der Waals surface area contributed by atoms with Crippen molar-refractivity contribution in [1.29, 1.82) is 5.26 Å². The predicted molar refractivity (Wildman–Crippen MR) is 84.3 cm³/mol. The van der Waals surface area contributed by atoms with Crippen LogP contribution in [-0.4, -0.2) is 37.8 Å². The first-order valence-electron chi connectivity index (χ1n) is 7.31. The number of aromatic nitrogens is 1. The molecule has 0 amide bonds. The highest BCUT2D eigenvalue weighted by Gasteiger charge is 2.37. The van der Waals surface area contributed by atoms with Crippen LogP contribution in [0.2, 0.25) is 5.02 Å². The zero-order valence-corrected chi connectivity index (χ0v) is 13.6. The van der Waals surface area contributed by atoms with Crippen LogP contribution in [-0.2, 0) is 10.0 Å². The minimum Gasteiger partial charge on any atom is -0.354 e. The second-order valence-corrected chi connectivity index (χ2v) is 8.19. The molecule has 1 N–H and O–H groups in total. The van der Waals surface area contributed by atoms with Gasteiger partial charge in [-0.1, -0.05) is 11.6 Å². The van der Waals surface area contributed by atoms with Crippen molar-refractivity contribution in [3.8, 4) is 6.07 Å². The van der Waals surface area contributed by atoms with Gasteiger partial charge in [0.2, 0.25) is 10.0 Å². The van der Waals surface area contributed by atoms with Crippen molar-refractivity contribution in [2.24, 2.45) is 0 Å². The summed E-state index contributed by atoms with van der Waals surface area (Å²) in [5.74, 6) is 0.607. The molecule has 1 aliphatic heterocycles. The molecule has 2 fully saturated rings. The van der Waals surface area contributed by atoms with Crippen molar-refractivity contribution in [2.75, 3.05) is 18.0 Å². The zero-order chi connectivity index (χ0) is 15.7. The van der Waals surface area contributed by atoms with E-state index in [1.54, 1.807) is 6.07 Å². The Balaban J connectivity index is 1.72. The van der Waals surface area contributed by atoms with E-state index in [1.165, 1.54) is 6.20 Å². The number of anilines is 1. The third-order valence-electron chi connectivity index (χ3n) is 3.97. The summed E-state index contributed by atoms with van der Waals surface area (Å²) < 4.78 is 26.9. The molecule has 8 heteroatoms. The van der Waals surface area contributed by atoms with Gasteiger partial charge in [0.25, 0.3) is 0 Å². The lowest BCUT2D eigenvalue weighted by Crippen LogP contribution is -2.48. The molecule has 0 radical (unpaired) electrons. The second-order valence-electron chi connectivity index (χ2n) is 5.79. The maximum absolute atomic E-state index is 12.0. The van der Waals surface area contributed by atoms with Crippen LogP contribution in [0.1, 0.15) is 31.2 Å². The second kappa shape index (κ2) is 6.03. The Morgan fingerprint density at radius 1 is 1.41 bits per heavy atom. The van der Waals surface area contributed by atoms with Crippen molar-refractivity contribution in [3.63, 3.8) is 0 Å². The Hall–Kier alpha value is -1.36. The molecule has 0 bridgehead atoms. The summed E-state index contributed by atoms with van der Waals surface area (Å²) in [5, 5.41) is 9.06. The molecule has 2 heterocycles. The minimum absolute atomic E-state index is 0.118. The van der Waals surface area contributed by atoms with E-state index in [4.69, 9.17) is 16.9 Å². The van der Waals surface area contributed by atoms with E-state index >= 15 is 0 Å². The molecule has 0 aromatic carbocycles. The summed E-state index contributed by atoms with van der Waals surface area (Å²) in [6, 6.07) is 3.47. The van der Waals surface area contributed by atoms with E-state index in [1.807, 2.05) is 11.0 Å². The maximum atomic E-state index is 12.0. The van der Waals surface area contributed by atoms with E-state index in [0.717, 1.165) is 32.2 Å². The first-order valence-corrected chi connectivity index (χ1v) is 9.24. The lowest BCUT2D eigenvalue weighted by atomic mass is 10.1. The predicted octanol–water partition coefficient (Wildman–Crippen LogP) is 1.66. The SMILES string of the molecule is N#Cc1cnc(N2CCCC(NS(=O)(=O)C3CC3)C2)c(Cl)c1. The molecule has 1 saturated carbocycles. The molecule has 1 unspecified atom stereocenters. The molecule has 3 rings (SSSR count). The van der Waals surface area contributed by atoms with Gasteiger partial charge in [0.05, 0.1) is 15.8 Å². The third kappa shape index (κ3) is 3.35. The molecular formula is C14H17ClN4O2S. The number of sulfonamides is 1. The quantitative estimate of drug-likeness (QED) is 0.900. The fourth-order valence-corrected chi connectivity index (χ4v) is 4.59. The van der Waals surface area contributed by atoms with Crippen molar-refractivity contribution >= 4 is 27.4 Å². The van der Waals surface area contributed by atoms with Crippen LogP contribution in [0.4, 0.5) is 5.82 Å². The summed E-state index contributed by atoms with van der Waals surface area (Å²) in [4.78, 5) is 6.22. The number of pyridine rings is 1. The van der Waals surface area contributed by atoms with Gasteiger partial charge in [-0.05, 0) is 31.7 Å². The van der Waals surface area contributed by atoms with Crippen molar-refractivity contribution in [1.82, 2.24) is 9.71 Å². The molecule has 118 valence electrons. The minimum atomic E-state index is -3.19.